The van der Waals surface area contributed by atoms with Crippen molar-refractivity contribution in [2.24, 2.45) is 5.92 Å². The lowest BCUT2D eigenvalue weighted by Crippen LogP contribution is -2.00. The maximum absolute atomic E-state index is 5.47. The summed E-state index contributed by atoms with van der Waals surface area (Å²) in [7, 11) is 0. The Morgan fingerprint density at radius 3 is 3.00 bits per heavy atom. The van der Waals surface area contributed by atoms with Crippen molar-refractivity contribution in [1.82, 2.24) is 9.78 Å². The molecular formula is C8H13N3. The molecule has 1 aromatic heterocycles. The molecule has 0 saturated heterocycles. The fourth-order valence-electron chi connectivity index (χ4n) is 1.22. The molecule has 0 unspecified atom stereocenters. The van der Waals surface area contributed by atoms with Gasteiger partial charge in [0.15, 0.2) is 0 Å². The Morgan fingerprint density at radius 1 is 1.64 bits per heavy atom. The number of anilines is 1. The summed E-state index contributed by atoms with van der Waals surface area (Å²) in [6.45, 7) is 1.03. The number of nitrogens with two attached hydrogens (primary N) is 1. The summed E-state index contributed by atoms with van der Waals surface area (Å²) in [5.74, 6) is 1.60. The molecule has 0 atom stereocenters. The molecule has 1 aliphatic carbocycles. The maximum atomic E-state index is 5.47. The van der Waals surface area contributed by atoms with E-state index in [1.807, 2.05) is 16.9 Å². The van der Waals surface area contributed by atoms with Gasteiger partial charge in [-0.2, -0.15) is 5.10 Å². The number of rotatable bonds is 3. The van der Waals surface area contributed by atoms with Gasteiger partial charge in [-0.15, -0.1) is 0 Å². The van der Waals surface area contributed by atoms with Crippen molar-refractivity contribution in [3.63, 3.8) is 0 Å². The zero-order chi connectivity index (χ0) is 7.68. The summed E-state index contributed by atoms with van der Waals surface area (Å²) in [4.78, 5) is 0. The van der Waals surface area contributed by atoms with Gasteiger partial charge in [0.25, 0.3) is 0 Å². The van der Waals surface area contributed by atoms with Crippen molar-refractivity contribution < 1.29 is 0 Å². The smallest absolute Gasteiger partial charge is 0.145 e. The molecule has 1 aromatic rings. The first-order valence-corrected chi connectivity index (χ1v) is 4.13. The van der Waals surface area contributed by atoms with E-state index in [-0.39, 0.29) is 0 Å². The summed E-state index contributed by atoms with van der Waals surface area (Å²) in [5, 5.41) is 4.10. The van der Waals surface area contributed by atoms with E-state index in [0.29, 0.717) is 5.82 Å². The highest BCUT2D eigenvalue weighted by Crippen LogP contribution is 2.32. The van der Waals surface area contributed by atoms with E-state index in [0.717, 1.165) is 12.5 Å². The minimum Gasteiger partial charge on any atom is -0.382 e. The SMILES string of the molecule is Nc1ccn(CCC2CC2)n1. The van der Waals surface area contributed by atoms with Crippen LogP contribution in [0.1, 0.15) is 19.3 Å². The van der Waals surface area contributed by atoms with Crippen LogP contribution >= 0.6 is 0 Å². The molecule has 1 fully saturated rings. The zero-order valence-corrected chi connectivity index (χ0v) is 6.53. The largest absolute Gasteiger partial charge is 0.382 e. The molecule has 3 heteroatoms. The van der Waals surface area contributed by atoms with Crippen LogP contribution in [0.25, 0.3) is 0 Å². The first-order valence-electron chi connectivity index (χ1n) is 4.13. The average molecular weight is 151 g/mol. The number of nitrogens with zero attached hydrogens (tertiary/aromatic N) is 2. The number of hydrogen-bond acceptors (Lipinski definition) is 2. The first-order chi connectivity index (χ1) is 5.34. The summed E-state index contributed by atoms with van der Waals surface area (Å²) in [6, 6.07) is 1.84. The van der Waals surface area contributed by atoms with Gasteiger partial charge >= 0.3 is 0 Å². The van der Waals surface area contributed by atoms with Gasteiger partial charge in [0.2, 0.25) is 0 Å². The Labute approximate surface area is 66.2 Å². The van der Waals surface area contributed by atoms with Crippen molar-refractivity contribution in [3.05, 3.63) is 12.3 Å². The second-order valence-electron chi connectivity index (χ2n) is 3.24. The van der Waals surface area contributed by atoms with Crippen LogP contribution in [0.2, 0.25) is 0 Å². The second-order valence-corrected chi connectivity index (χ2v) is 3.24. The van der Waals surface area contributed by atoms with E-state index in [4.69, 9.17) is 5.73 Å². The highest BCUT2D eigenvalue weighted by molar-refractivity contribution is 5.23. The van der Waals surface area contributed by atoms with Crippen LogP contribution in [0.4, 0.5) is 5.82 Å². The van der Waals surface area contributed by atoms with E-state index >= 15 is 0 Å². The molecule has 0 radical (unpaired) electrons. The third-order valence-electron chi connectivity index (χ3n) is 2.12. The molecular weight excluding hydrogens is 138 g/mol. The maximum Gasteiger partial charge on any atom is 0.145 e. The van der Waals surface area contributed by atoms with E-state index in [2.05, 4.69) is 5.10 Å². The number of aryl methyl sites for hydroxylation is 1. The quantitative estimate of drug-likeness (QED) is 0.706. The Kier molecular flexibility index (Phi) is 1.56. The molecule has 2 N–H and O–H groups in total. The molecule has 0 bridgehead atoms. The average Bonchev–Trinajstić information content (AvgIpc) is 2.72. The number of hydrogen-bond donors (Lipinski definition) is 1. The van der Waals surface area contributed by atoms with Crippen molar-refractivity contribution in [2.45, 2.75) is 25.8 Å². The Hall–Kier alpha value is -0.990. The van der Waals surface area contributed by atoms with Crippen LogP contribution in [0.15, 0.2) is 12.3 Å². The molecule has 0 aromatic carbocycles. The second kappa shape index (κ2) is 2.57. The van der Waals surface area contributed by atoms with E-state index in [1.165, 1.54) is 19.3 Å². The van der Waals surface area contributed by atoms with Crippen LogP contribution < -0.4 is 5.73 Å². The predicted molar refractivity (Wildman–Crippen MR) is 44.0 cm³/mol. The first kappa shape index (κ1) is 6.70. The third-order valence-corrected chi connectivity index (χ3v) is 2.12. The van der Waals surface area contributed by atoms with Crippen LogP contribution in [0.3, 0.4) is 0 Å². The highest BCUT2D eigenvalue weighted by atomic mass is 15.3. The van der Waals surface area contributed by atoms with Gasteiger partial charge in [-0.25, -0.2) is 0 Å². The lowest BCUT2D eigenvalue weighted by atomic mass is 10.3. The normalized spacial score (nSPS) is 17.1. The Bertz CT molecular complexity index is 237. The molecule has 2 rings (SSSR count). The molecule has 0 spiro atoms. The fraction of sp³-hybridized carbons (Fsp3) is 0.625. The third kappa shape index (κ3) is 1.73. The molecule has 1 heterocycles. The molecule has 11 heavy (non-hydrogen) atoms. The number of aromatic nitrogens is 2. The Balaban J connectivity index is 1.85. The van der Waals surface area contributed by atoms with Gasteiger partial charge in [-0.3, -0.25) is 4.68 Å². The van der Waals surface area contributed by atoms with Crippen LogP contribution in [-0.2, 0) is 6.54 Å². The van der Waals surface area contributed by atoms with E-state index in [9.17, 15) is 0 Å². The lowest BCUT2D eigenvalue weighted by molar-refractivity contribution is 0.548. The van der Waals surface area contributed by atoms with Gasteiger partial charge in [0.05, 0.1) is 0 Å². The molecule has 0 amide bonds. The van der Waals surface area contributed by atoms with Gasteiger partial charge in [0.1, 0.15) is 5.82 Å². The van der Waals surface area contributed by atoms with E-state index in [1.54, 1.807) is 0 Å². The molecule has 1 saturated carbocycles. The predicted octanol–water partition coefficient (Wildman–Crippen LogP) is 1.27. The van der Waals surface area contributed by atoms with Crippen molar-refractivity contribution >= 4 is 5.82 Å². The molecule has 1 aliphatic rings. The zero-order valence-electron chi connectivity index (χ0n) is 6.53. The fourth-order valence-corrected chi connectivity index (χ4v) is 1.22. The van der Waals surface area contributed by atoms with Gasteiger partial charge in [-0.05, 0) is 18.4 Å². The number of nitrogen functional groups attached to an aromatic ring is 1. The monoisotopic (exact) mass is 151 g/mol. The minimum atomic E-state index is 0.626. The summed E-state index contributed by atoms with van der Waals surface area (Å²) in [6.07, 6.45) is 6.03. The molecule has 60 valence electrons. The van der Waals surface area contributed by atoms with Crippen LogP contribution in [0.5, 0.6) is 0 Å². The van der Waals surface area contributed by atoms with Crippen LogP contribution in [-0.4, -0.2) is 9.78 Å². The Morgan fingerprint density at radius 2 is 2.45 bits per heavy atom. The van der Waals surface area contributed by atoms with Crippen molar-refractivity contribution in [2.75, 3.05) is 5.73 Å². The van der Waals surface area contributed by atoms with Crippen molar-refractivity contribution in [1.29, 1.82) is 0 Å². The summed E-state index contributed by atoms with van der Waals surface area (Å²) < 4.78 is 1.92. The van der Waals surface area contributed by atoms with Crippen molar-refractivity contribution in [3.8, 4) is 0 Å². The summed E-state index contributed by atoms with van der Waals surface area (Å²) in [5.41, 5.74) is 5.47. The van der Waals surface area contributed by atoms with Gasteiger partial charge < -0.3 is 5.73 Å². The lowest BCUT2D eigenvalue weighted by Gasteiger charge is -1.97. The highest BCUT2D eigenvalue weighted by Gasteiger charge is 2.20. The van der Waals surface area contributed by atoms with Crippen LogP contribution in [0, 0.1) is 5.92 Å². The van der Waals surface area contributed by atoms with Gasteiger partial charge in [-0.1, -0.05) is 12.8 Å². The van der Waals surface area contributed by atoms with E-state index < -0.39 is 0 Å². The molecule has 3 nitrogen and oxygen atoms in total. The summed E-state index contributed by atoms with van der Waals surface area (Å²) >= 11 is 0. The topological polar surface area (TPSA) is 43.8 Å². The standard InChI is InChI=1S/C8H13N3/c9-8-4-6-11(10-8)5-3-7-1-2-7/h4,6-7H,1-3,5H2,(H2,9,10). The van der Waals surface area contributed by atoms with Gasteiger partial charge in [0, 0.05) is 12.7 Å². The minimum absolute atomic E-state index is 0.626. The molecule has 0 aliphatic heterocycles.